The highest BCUT2D eigenvalue weighted by Gasteiger charge is 2.57. The first-order chi connectivity index (χ1) is 13.7. The predicted octanol–water partition coefficient (Wildman–Crippen LogP) is 4.73. The molecule has 3 heterocycles. The van der Waals surface area contributed by atoms with Crippen molar-refractivity contribution in [1.82, 2.24) is 4.57 Å². The van der Waals surface area contributed by atoms with Crippen LogP contribution in [0.25, 0.3) is 11.8 Å². The molecule has 1 aromatic heterocycles. The van der Waals surface area contributed by atoms with Gasteiger partial charge in [0.2, 0.25) is 5.72 Å². The summed E-state index contributed by atoms with van der Waals surface area (Å²) in [5.41, 5.74) is 4.08. The zero-order valence-electron chi connectivity index (χ0n) is 17.0. The van der Waals surface area contributed by atoms with Gasteiger partial charge in [-0.2, -0.15) is 0 Å². The van der Waals surface area contributed by atoms with Gasteiger partial charge in [0.1, 0.15) is 5.75 Å². The summed E-state index contributed by atoms with van der Waals surface area (Å²) in [6, 6.07) is 15.1. The first-order valence-electron chi connectivity index (χ1n) is 9.72. The van der Waals surface area contributed by atoms with E-state index in [1.807, 2.05) is 31.3 Å². The number of fused-ring (bicyclic) bond motifs is 2. The SMILES string of the molecule is Cc1ccc2c(c1)C=CC1(O2)N(C)c2ccc(-n3c(O)ccc3O)cc2C1(C)C. The first kappa shape index (κ1) is 17.7. The van der Waals surface area contributed by atoms with Gasteiger partial charge < -0.3 is 19.8 Å². The summed E-state index contributed by atoms with van der Waals surface area (Å²) in [4.78, 5) is 2.17. The maximum atomic E-state index is 10.1. The summed E-state index contributed by atoms with van der Waals surface area (Å²) in [6.07, 6.45) is 4.28. The average Bonchev–Trinajstić information content (AvgIpc) is 3.10. The van der Waals surface area contributed by atoms with Gasteiger partial charge in [0, 0.05) is 30.4 Å². The van der Waals surface area contributed by atoms with Gasteiger partial charge in [0.05, 0.1) is 11.1 Å². The molecule has 1 spiro atoms. The second kappa shape index (κ2) is 5.60. The summed E-state index contributed by atoms with van der Waals surface area (Å²) >= 11 is 0. The molecular formula is C24H24N2O3. The van der Waals surface area contributed by atoms with E-state index in [9.17, 15) is 10.2 Å². The van der Waals surface area contributed by atoms with Crippen LogP contribution in [-0.4, -0.2) is 27.6 Å². The van der Waals surface area contributed by atoms with Crippen LogP contribution >= 0.6 is 0 Å². The van der Waals surface area contributed by atoms with Gasteiger partial charge >= 0.3 is 0 Å². The number of rotatable bonds is 1. The Morgan fingerprint density at radius 2 is 1.66 bits per heavy atom. The molecule has 0 saturated heterocycles. The Hall–Kier alpha value is -3.34. The second-order valence-electron chi connectivity index (χ2n) is 8.44. The Kier molecular flexibility index (Phi) is 3.42. The second-order valence-corrected chi connectivity index (χ2v) is 8.44. The van der Waals surface area contributed by atoms with Crippen molar-refractivity contribution in [3.63, 3.8) is 0 Å². The minimum absolute atomic E-state index is 0.000527. The fraction of sp³-hybridized carbons (Fsp3) is 0.250. The third-order valence-corrected chi connectivity index (χ3v) is 6.43. The molecule has 0 bridgehead atoms. The number of aromatic hydroxyl groups is 2. The summed E-state index contributed by atoms with van der Waals surface area (Å²) in [5.74, 6) is 0.866. The van der Waals surface area contributed by atoms with Crippen LogP contribution in [0.5, 0.6) is 17.5 Å². The van der Waals surface area contributed by atoms with Crippen molar-refractivity contribution in [2.24, 2.45) is 0 Å². The van der Waals surface area contributed by atoms with Gasteiger partial charge in [0.25, 0.3) is 0 Å². The fourth-order valence-electron chi connectivity index (χ4n) is 4.74. The molecule has 5 rings (SSSR count). The van der Waals surface area contributed by atoms with Gasteiger partial charge in [-0.1, -0.05) is 11.6 Å². The number of nitrogens with zero attached hydrogens (tertiary/aromatic N) is 2. The first-order valence-corrected chi connectivity index (χ1v) is 9.72. The summed E-state index contributed by atoms with van der Waals surface area (Å²) in [6.45, 7) is 6.41. The van der Waals surface area contributed by atoms with E-state index in [-0.39, 0.29) is 17.2 Å². The molecule has 29 heavy (non-hydrogen) atoms. The number of likely N-dealkylation sites (N-methyl/N-ethyl adjacent to an activating group) is 1. The lowest BCUT2D eigenvalue weighted by Crippen LogP contribution is -2.58. The van der Waals surface area contributed by atoms with E-state index < -0.39 is 5.72 Å². The quantitative estimate of drug-likeness (QED) is 0.633. The van der Waals surface area contributed by atoms with E-state index in [1.54, 1.807) is 0 Å². The van der Waals surface area contributed by atoms with Crippen LogP contribution in [0.3, 0.4) is 0 Å². The predicted molar refractivity (Wildman–Crippen MR) is 114 cm³/mol. The third kappa shape index (κ3) is 2.21. The standard InChI is InChI=1S/C24H24N2O3/c1-15-5-8-20-16(13-15)11-12-24(29-20)23(2,3)18-14-17(6-7-19(18)25(24)4)26-21(27)9-10-22(26)28/h5-14,27-28H,1-4H3. The number of hydrogen-bond donors (Lipinski definition) is 2. The highest BCUT2D eigenvalue weighted by molar-refractivity contribution is 5.73. The molecule has 1 atom stereocenters. The lowest BCUT2D eigenvalue weighted by molar-refractivity contribution is 0.0581. The highest BCUT2D eigenvalue weighted by Crippen LogP contribution is 2.54. The minimum Gasteiger partial charge on any atom is -0.494 e. The van der Waals surface area contributed by atoms with Crippen molar-refractivity contribution in [2.45, 2.75) is 31.9 Å². The normalized spacial score (nSPS) is 21.2. The lowest BCUT2D eigenvalue weighted by atomic mass is 9.76. The maximum absolute atomic E-state index is 10.1. The van der Waals surface area contributed by atoms with Crippen LogP contribution in [-0.2, 0) is 5.41 Å². The summed E-state index contributed by atoms with van der Waals surface area (Å²) in [5, 5.41) is 20.3. The number of aryl methyl sites for hydroxylation is 1. The van der Waals surface area contributed by atoms with Gasteiger partial charge in [-0.3, -0.25) is 4.57 Å². The largest absolute Gasteiger partial charge is 0.494 e. The fourth-order valence-corrected chi connectivity index (χ4v) is 4.74. The third-order valence-electron chi connectivity index (χ3n) is 6.43. The van der Waals surface area contributed by atoms with E-state index in [1.165, 1.54) is 22.3 Å². The molecule has 0 radical (unpaired) electrons. The van der Waals surface area contributed by atoms with Gasteiger partial charge in [-0.15, -0.1) is 0 Å². The van der Waals surface area contributed by atoms with Crippen molar-refractivity contribution in [3.05, 3.63) is 71.3 Å². The average molecular weight is 388 g/mol. The summed E-state index contributed by atoms with van der Waals surface area (Å²) < 4.78 is 8.08. The van der Waals surface area contributed by atoms with Crippen LogP contribution in [0.15, 0.2) is 54.6 Å². The van der Waals surface area contributed by atoms with Crippen molar-refractivity contribution < 1.29 is 14.9 Å². The van der Waals surface area contributed by atoms with Crippen LogP contribution in [0.1, 0.15) is 30.5 Å². The van der Waals surface area contributed by atoms with Crippen LogP contribution < -0.4 is 9.64 Å². The molecule has 2 aliphatic rings. The van der Waals surface area contributed by atoms with E-state index >= 15 is 0 Å². The van der Waals surface area contributed by atoms with Gasteiger partial charge in [0.15, 0.2) is 11.8 Å². The van der Waals surface area contributed by atoms with Gasteiger partial charge in [-0.25, -0.2) is 0 Å². The van der Waals surface area contributed by atoms with Crippen molar-refractivity contribution in [2.75, 3.05) is 11.9 Å². The van der Waals surface area contributed by atoms with E-state index in [0.717, 1.165) is 22.6 Å². The smallest absolute Gasteiger partial charge is 0.211 e. The van der Waals surface area contributed by atoms with Crippen molar-refractivity contribution in [1.29, 1.82) is 0 Å². The Morgan fingerprint density at radius 3 is 2.38 bits per heavy atom. The molecule has 0 fully saturated rings. The zero-order valence-corrected chi connectivity index (χ0v) is 17.0. The minimum atomic E-state index is -0.670. The molecule has 2 N–H and O–H groups in total. The summed E-state index contributed by atoms with van der Waals surface area (Å²) in [7, 11) is 2.04. The van der Waals surface area contributed by atoms with E-state index in [4.69, 9.17) is 4.74 Å². The Morgan fingerprint density at radius 1 is 0.931 bits per heavy atom. The molecule has 1 unspecified atom stereocenters. The molecule has 2 aliphatic heterocycles. The number of benzene rings is 2. The molecule has 0 saturated carbocycles. The molecule has 3 aromatic rings. The van der Waals surface area contributed by atoms with Crippen molar-refractivity contribution in [3.8, 4) is 23.2 Å². The van der Waals surface area contributed by atoms with Crippen LogP contribution in [0.2, 0.25) is 0 Å². The molecule has 0 amide bonds. The van der Waals surface area contributed by atoms with Crippen molar-refractivity contribution >= 4 is 11.8 Å². The zero-order chi connectivity index (χ0) is 20.6. The monoisotopic (exact) mass is 388 g/mol. The maximum Gasteiger partial charge on any atom is 0.211 e. The highest BCUT2D eigenvalue weighted by atomic mass is 16.5. The Balaban J connectivity index is 1.65. The van der Waals surface area contributed by atoms with E-state index in [0.29, 0.717) is 5.69 Å². The molecule has 148 valence electrons. The lowest BCUT2D eigenvalue weighted by Gasteiger charge is -2.45. The Labute approximate surface area is 170 Å². The molecule has 2 aromatic carbocycles. The van der Waals surface area contributed by atoms with Crippen LogP contribution in [0, 0.1) is 6.92 Å². The number of aromatic nitrogens is 1. The number of anilines is 1. The molecule has 0 aliphatic carbocycles. The van der Waals surface area contributed by atoms with Crippen LogP contribution in [0.4, 0.5) is 5.69 Å². The van der Waals surface area contributed by atoms with Gasteiger partial charge in [-0.05, 0) is 68.8 Å². The van der Waals surface area contributed by atoms with E-state index in [2.05, 4.69) is 50.0 Å². The molecular weight excluding hydrogens is 364 g/mol. The number of ether oxygens (including phenoxy) is 1. The Bertz CT molecular complexity index is 1160. The topological polar surface area (TPSA) is 57.9 Å². The number of hydrogen-bond acceptors (Lipinski definition) is 4. The molecule has 5 heteroatoms. The molecule has 5 nitrogen and oxygen atoms in total.